The van der Waals surface area contributed by atoms with Gasteiger partial charge in [0, 0.05) is 24.6 Å². The number of hydrogen-bond donors (Lipinski definition) is 2. The highest BCUT2D eigenvalue weighted by Gasteiger charge is 2.07. The molecule has 88 valence electrons. The summed E-state index contributed by atoms with van der Waals surface area (Å²) in [6.45, 7) is 2.45. The van der Waals surface area contributed by atoms with Crippen molar-refractivity contribution >= 4 is 5.91 Å². The van der Waals surface area contributed by atoms with Gasteiger partial charge in [0.05, 0.1) is 0 Å². The molecule has 0 aliphatic heterocycles. The number of aryl methyl sites for hydroxylation is 1. The predicted molar refractivity (Wildman–Crippen MR) is 63.6 cm³/mol. The molecule has 0 aliphatic rings. The summed E-state index contributed by atoms with van der Waals surface area (Å²) in [4.78, 5) is 15.6. The summed E-state index contributed by atoms with van der Waals surface area (Å²) >= 11 is 0. The fourth-order valence-electron chi connectivity index (χ4n) is 1.49. The highest BCUT2D eigenvalue weighted by Crippen LogP contribution is 1.99. The number of carbonyl (C=O) groups excluding carboxylic acids is 1. The Kier molecular flexibility index (Phi) is 3.49. The molecule has 2 heterocycles. The number of H-pyrrole nitrogens is 1. The van der Waals surface area contributed by atoms with Crippen LogP contribution in [0, 0.1) is 6.92 Å². The van der Waals surface area contributed by atoms with Crippen molar-refractivity contribution in [3.8, 4) is 0 Å². The number of pyridine rings is 1. The molecule has 5 nitrogen and oxygen atoms in total. The number of aromatic amines is 1. The number of carbonyl (C=O) groups is 1. The second-order valence-electron chi connectivity index (χ2n) is 3.80. The van der Waals surface area contributed by atoms with Gasteiger partial charge < -0.3 is 5.32 Å². The lowest BCUT2D eigenvalue weighted by molar-refractivity contribution is 0.0949. The van der Waals surface area contributed by atoms with E-state index in [1.165, 1.54) is 0 Å². The van der Waals surface area contributed by atoms with E-state index in [0.29, 0.717) is 12.2 Å². The molecule has 0 spiro atoms. The van der Waals surface area contributed by atoms with E-state index in [0.717, 1.165) is 17.7 Å². The van der Waals surface area contributed by atoms with Gasteiger partial charge in [0.25, 0.3) is 5.91 Å². The first kappa shape index (κ1) is 11.3. The minimum atomic E-state index is -0.150. The topological polar surface area (TPSA) is 70.7 Å². The molecule has 0 radical (unpaired) electrons. The number of amides is 1. The third-order valence-electron chi connectivity index (χ3n) is 2.39. The zero-order chi connectivity index (χ0) is 12.1. The average Bonchev–Trinajstić information content (AvgIpc) is 2.77. The van der Waals surface area contributed by atoms with E-state index < -0.39 is 0 Å². The number of nitrogens with one attached hydrogen (secondary N) is 2. The van der Waals surface area contributed by atoms with Gasteiger partial charge in [-0.3, -0.25) is 14.9 Å². The van der Waals surface area contributed by atoms with E-state index in [1.54, 1.807) is 18.5 Å². The van der Waals surface area contributed by atoms with Crippen LogP contribution in [0.15, 0.2) is 30.6 Å². The molecule has 0 unspecified atom stereocenters. The average molecular weight is 230 g/mol. The van der Waals surface area contributed by atoms with Crippen LogP contribution in [-0.2, 0) is 6.42 Å². The predicted octanol–water partition coefficient (Wildman–Crippen LogP) is 1.09. The molecule has 2 aromatic rings. The van der Waals surface area contributed by atoms with Crippen LogP contribution in [0.5, 0.6) is 0 Å². The van der Waals surface area contributed by atoms with Crippen molar-refractivity contribution in [1.82, 2.24) is 20.5 Å². The summed E-state index contributed by atoms with van der Waals surface area (Å²) in [7, 11) is 0. The van der Waals surface area contributed by atoms with Gasteiger partial charge >= 0.3 is 0 Å². The summed E-state index contributed by atoms with van der Waals surface area (Å²) < 4.78 is 0. The Morgan fingerprint density at radius 3 is 2.82 bits per heavy atom. The van der Waals surface area contributed by atoms with Gasteiger partial charge in [0.1, 0.15) is 5.69 Å². The van der Waals surface area contributed by atoms with Crippen molar-refractivity contribution in [2.45, 2.75) is 13.3 Å². The molecule has 2 N–H and O–H groups in total. The Hall–Kier alpha value is -2.17. The molecule has 2 rings (SSSR count). The minimum Gasteiger partial charge on any atom is -0.350 e. The van der Waals surface area contributed by atoms with Crippen molar-refractivity contribution in [2.24, 2.45) is 0 Å². The van der Waals surface area contributed by atoms with Crippen LogP contribution in [0.25, 0.3) is 0 Å². The largest absolute Gasteiger partial charge is 0.350 e. The van der Waals surface area contributed by atoms with Crippen molar-refractivity contribution in [3.63, 3.8) is 0 Å². The van der Waals surface area contributed by atoms with Gasteiger partial charge in [-0.05, 0) is 37.1 Å². The van der Waals surface area contributed by atoms with Crippen molar-refractivity contribution in [3.05, 3.63) is 47.5 Å². The number of aromatic nitrogens is 3. The summed E-state index contributed by atoms with van der Waals surface area (Å²) in [5.41, 5.74) is 2.46. The van der Waals surface area contributed by atoms with Crippen LogP contribution >= 0.6 is 0 Å². The molecule has 2 aromatic heterocycles. The monoisotopic (exact) mass is 230 g/mol. The SMILES string of the molecule is Cc1cc(C(=O)NCCc2ccncc2)n[nH]1. The first-order valence-electron chi connectivity index (χ1n) is 5.45. The molecule has 5 heteroatoms. The fourth-order valence-corrected chi connectivity index (χ4v) is 1.49. The Morgan fingerprint density at radius 1 is 1.41 bits per heavy atom. The highest BCUT2D eigenvalue weighted by molar-refractivity contribution is 5.92. The Morgan fingerprint density at radius 2 is 2.18 bits per heavy atom. The fraction of sp³-hybridized carbons (Fsp3) is 0.250. The maximum atomic E-state index is 11.6. The standard InChI is InChI=1S/C12H14N4O/c1-9-8-11(16-15-9)12(17)14-7-4-10-2-5-13-6-3-10/h2-3,5-6,8H,4,7H2,1H3,(H,14,17)(H,15,16). The number of hydrogen-bond acceptors (Lipinski definition) is 3. The zero-order valence-corrected chi connectivity index (χ0v) is 9.60. The smallest absolute Gasteiger partial charge is 0.271 e. The lowest BCUT2D eigenvalue weighted by Gasteiger charge is -2.02. The Labute approximate surface area is 99.3 Å². The Balaban J connectivity index is 1.81. The van der Waals surface area contributed by atoms with Gasteiger partial charge in [-0.2, -0.15) is 5.10 Å². The molecule has 0 fully saturated rings. The normalized spacial score (nSPS) is 10.2. The molecule has 0 atom stereocenters. The number of nitrogens with zero attached hydrogens (tertiary/aromatic N) is 2. The quantitative estimate of drug-likeness (QED) is 0.825. The summed E-state index contributed by atoms with van der Waals surface area (Å²) in [6.07, 6.45) is 4.28. The first-order valence-corrected chi connectivity index (χ1v) is 5.45. The van der Waals surface area contributed by atoms with Crippen LogP contribution in [0.4, 0.5) is 0 Å². The molecule has 0 saturated carbocycles. The maximum Gasteiger partial charge on any atom is 0.271 e. The van der Waals surface area contributed by atoms with Crippen LogP contribution in [0.2, 0.25) is 0 Å². The Bertz CT molecular complexity index is 492. The van der Waals surface area contributed by atoms with E-state index in [1.807, 2.05) is 19.1 Å². The van der Waals surface area contributed by atoms with Gasteiger partial charge in [-0.25, -0.2) is 0 Å². The number of rotatable bonds is 4. The van der Waals surface area contributed by atoms with Crippen LogP contribution in [-0.4, -0.2) is 27.6 Å². The first-order chi connectivity index (χ1) is 8.25. The summed E-state index contributed by atoms with van der Waals surface area (Å²) in [5.74, 6) is -0.150. The van der Waals surface area contributed by atoms with E-state index in [-0.39, 0.29) is 5.91 Å². The van der Waals surface area contributed by atoms with Crippen molar-refractivity contribution in [1.29, 1.82) is 0 Å². The van der Waals surface area contributed by atoms with Gasteiger partial charge in [-0.1, -0.05) is 0 Å². The molecular weight excluding hydrogens is 216 g/mol. The summed E-state index contributed by atoms with van der Waals surface area (Å²) in [6, 6.07) is 5.59. The molecule has 0 aromatic carbocycles. The van der Waals surface area contributed by atoms with Gasteiger partial charge in [-0.15, -0.1) is 0 Å². The molecule has 0 aliphatic carbocycles. The lowest BCUT2D eigenvalue weighted by atomic mass is 10.2. The van der Waals surface area contributed by atoms with E-state index in [2.05, 4.69) is 20.5 Å². The highest BCUT2D eigenvalue weighted by atomic mass is 16.1. The second-order valence-corrected chi connectivity index (χ2v) is 3.80. The van der Waals surface area contributed by atoms with Gasteiger partial charge in [0.15, 0.2) is 0 Å². The van der Waals surface area contributed by atoms with Crippen LogP contribution in [0.3, 0.4) is 0 Å². The van der Waals surface area contributed by atoms with Gasteiger partial charge in [0.2, 0.25) is 0 Å². The molecule has 0 saturated heterocycles. The van der Waals surface area contributed by atoms with Crippen LogP contribution in [0.1, 0.15) is 21.7 Å². The molecule has 1 amide bonds. The lowest BCUT2D eigenvalue weighted by Crippen LogP contribution is -2.26. The molecule has 17 heavy (non-hydrogen) atoms. The van der Waals surface area contributed by atoms with Crippen molar-refractivity contribution in [2.75, 3.05) is 6.54 Å². The zero-order valence-electron chi connectivity index (χ0n) is 9.60. The second kappa shape index (κ2) is 5.25. The molecular formula is C12H14N4O. The van der Waals surface area contributed by atoms with E-state index >= 15 is 0 Å². The summed E-state index contributed by atoms with van der Waals surface area (Å²) in [5, 5.41) is 9.45. The minimum absolute atomic E-state index is 0.150. The third kappa shape index (κ3) is 3.14. The van der Waals surface area contributed by atoms with Crippen molar-refractivity contribution < 1.29 is 4.79 Å². The van der Waals surface area contributed by atoms with Crippen LogP contribution < -0.4 is 5.32 Å². The van der Waals surface area contributed by atoms with E-state index in [9.17, 15) is 4.79 Å². The maximum absolute atomic E-state index is 11.6. The van der Waals surface area contributed by atoms with E-state index in [4.69, 9.17) is 0 Å². The third-order valence-corrected chi connectivity index (χ3v) is 2.39. The molecule has 0 bridgehead atoms.